The smallest absolute Gasteiger partial charge is 0.387 e. The number of unbranched alkanes of at least 4 members (excludes halogenated alkanes) is 4. The molecule has 0 saturated carbocycles. The number of nitrogen functional groups attached to an aromatic ring is 1. The maximum Gasteiger partial charge on any atom is 0.490 e. The fourth-order valence-electron chi connectivity index (χ4n) is 6.46. The summed E-state index contributed by atoms with van der Waals surface area (Å²) in [7, 11) is -17.0. The van der Waals surface area contributed by atoms with E-state index < -0.39 is 54.2 Å². The number of nitrogens with one attached hydrogen (secondary N) is 3. The molecular formula is C26H44N9O15P3S. The third kappa shape index (κ3) is 10.7. The zero-order valence-electron chi connectivity index (χ0n) is 28.6. The highest BCUT2D eigenvalue weighted by atomic mass is 32.2. The number of aliphatic hydroxyl groups excluding tert-OH is 2. The third-order valence-electron chi connectivity index (χ3n) is 8.91. The number of phosphoric acid groups is 3. The molecule has 24 nitrogen and oxygen atoms in total. The summed E-state index contributed by atoms with van der Waals surface area (Å²) in [5, 5.41) is 31.0. The number of aliphatic hydroxyl groups is 2. The van der Waals surface area contributed by atoms with Crippen LogP contribution in [-0.2, 0) is 48.6 Å². The number of thioether (sulfide) groups is 1. The van der Waals surface area contributed by atoms with Crippen molar-refractivity contribution in [3.8, 4) is 0 Å². The van der Waals surface area contributed by atoms with Crippen LogP contribution in [-0.4, -0.2) is 116 Å². The number of anilines is 1. The second kappa shape index (κ2) is 17.5. The van der Waals surface area contributed by atoms with Gasteiger partial charge in [0.25, 0.3) is 0 Å². The Kier molecular flexibility index (Phi) is 13.8. The number of carbonyl (C=O) groups excluding carboxylic acids is 2. The number of hydrogen-bond donors (Lipinski definition) is 11. The van der Waals surface area contributed by atoms with Crippen LogP contribution in [0.15, 0.2) is 6.33 Å². The van der Waals surface area contributed by atoms with Crippen molar-refractivity contribution in [1.82, 2.24) is 35.5 Å². The fraction of sp³-hybridized carbons (Fsp3) is 0.731. The van der Waals surface area contributed by atoms with E-state index in [1.54, 1.807) is 0 Å². The van der Waals surface area contributed by atoms with Crippen LogP contribution in [0, 0.1) is 0 Å². The van der Waals surface area contributed by atoms with E-state index in [9.17, 15) is 43.3 Å². The first-order valence-electron chi connectivity index (χ1n) is 16.8. The summed E-state index contributed by atoms with van der Waals surface area (Å²) in [4.78, 5) is 73.1. The molecule has 0 aliphatic carbocycles. The molecule has 9 atom stereocenters. The van der Waals surface area contributed by atoms with Gasteiger partial charge in [-0.1, -0.05) is 19.3 Å². The Hall–Kier alpha value is -2.31. The van der Waals surface area contributed by atoms with Gasteiger partial charge in [-0.2, -0.15) is 20.4 Å². The SMILES string of the molecule is Nc1ncnc2c1nc(CCCCCCNC(=O)CCCC[C@@H]1SC[C@@H]3NC(=O)N[C@@H]31)n2[C@]1(N)O[C@H](COP(=O)(O)OP(=O)(O)OP(=O)(O)O)[C@@H](O)[C@H]1O. The van der Waals surface area contributed by atoms with Crippen LogP contribution < -0.4 is 27.4 Å². The van der Waals surface area contributed by atoms with Crippen molar-refractivity contribution >= 4 is 64.2 Å². The van der Waals surface area contributed by atoms with E-state index in [0.29, 0.717) is 37.5 Å². The average molecular weight is 848 g/mol. The molecular weight excluding hydrogens is 803 g/mol. The molecule has 13 N–H and O–H groups in total. The molecule has 2 aromatic rings. The predicted octanol–water partition coefficient (Wildman–Crippen LogP) is -0.614. The van der Waals surface area contributed by atoms with E-state index in [1.165, 1.54) is 4.57 Å². The molecule has 0 bridgehead atoms. The lowest BCUT2D eigenvalue weighted by molar-refractivity contribution is -0.142. The van der Waals surface area contributed by atoms with E-state index in [-0.39, 0.29) is 53.2 Å². The van der Waals surface area contributed by atoms with Crippen molar-refractivity contribution in [3.05, 3.63) is 12.2 Å². The largest absolute Gasteiger partial charge is 0.490 e. The summed E-state index contributed by atoms with van der Waals surface area (Å²) < 4.78 is 53.6. The van der Waals surface area contributed by atoms with E-state index in [4.69, 9.17) is 26.0 Å². The number of rotatable bonds is 20. The maximum absolute atomic E-state index is 12.3. The van der Waals surface area contributed by atoms with Gasteiger partial charge in [0.05, 0.1) is 18.7 Å². The molecule has 3 aliphatic heterocycles. The zero-order valence-corrected chi connectivity index (χ0v) is 32.1. The Balaban J connectivity index is 1.09. The molecule has 5 rings (SSSR count). The van der Waals surface area contributed by atoms with Crippen molar-refractivity contribution in [2.75, 3.05) is 24.6 Å². The van der Waals surface area contributed by atoms with Gasteiger partial charge in [-0.15, -0.1) is 0 Å². The highest BCUT2D eigenvalue weighted by Crippen LogP contribution is 2.66. The van der Waals surface area contributed by atoms with Crippen molar-refractivity contribution in [1.29, 1.82) is 0 Å². The number of urea groups is 1. The second-order valence-electron chi connectivity index (χ2n) is 12.9. The minimum absolute atomic E-state index is 0.0241. The van der Waals surface area contributed by atoms with Crippen LogP contribution >= 0.6 is 35.2 Å². The lowest BCUT2D eigenvalue weighted by Crippen LogP contribution is -2.53. The molecule has 3 amide bonds. The fourth-order valence-corrected chi connectivity index (χ4v) is 11.0. The molecule has 0 radical (unpaired) electrons. The summed E-state index contributed by atoms with van der Waals surface area (Å²) in [5.74, 6) is -1.25. The summed E-state index contributed by atoms with van der Waals surface area (Å²) in [6.07, 6.45) is 1.54. The van der Waals surface area contributed by atoms with E-state index in [1.807, 2.05) is 11.8 Å². The van der Waals surface area contributed by atoms with Crippen LogP contribution in [0.2, 0.25) is 0 Å². The number of aromatic nitrogens is 4. The summed E-state index contributed by atoms with van der Waals surface area (Å²) in [6, 6.07) is 0.205. The quantitative estimate of drug-likeness (QED) is 0.0449. The van der Waals surface area contributed by atoms with Crippen molar-refractivity contribution in [2.24, 2.45) is 5.73 Å². The maximum atomic E-state index is 12.3. The van der Waals surface area contributed by atoms with Crippen molar-refractivity contribution < 1.29 is 71.0 Å². The molecule has 28 heteroatoms. The number of aryl methyl sites for hydroxylation is 1. The van der Waals surface area contributed by atoms with Gasteiger partial charge in [-0.25, -0.2) is 33.4 Å². The molecule has 0 aromatic carbocycles. The summed E-state index contributed by atoms with van der Waals surface area (Å²) in [6.45, 7) is -0.592. The van der Waals surface area contributed by atoms with Gasteiger partial charge in [0.15, 0.2) is 17.0 Å². The van der Waals surface area contributed by atoms with E-state index >= 15 is 0 Å². The van der Waals surface area contributed by atoms with Gasteiger partial charge in [0, 0.05) is 30.4 Å². The molecule has 54 heavy (non-hydrogen) atoms. The van der Waals surface area contributed by atoms with Crippen LogP contribution in [0.1, 0.15) is 57.2 Å². The van der Waals surface area contributed by atoms with Gasteiger partial charge in [-0.3, -0.25) is 19.6 Å². The van der Waals surface area contributed by atoms with Crippen molar-refractivity contribution in [2.45, 2.75) is 99.3 Å². The van der Waals surface area contributed by atoms with Crippen LogP contribution in [0.5, 0.6) is 0 Å². The third-order valence-corrected chi connectivity index (χ3v) is 14.2. The minimum Gasteiger partial charge on any atom is -0.387 e. The Labute approximate surface area is 311 Å². The molecule has 5 heterocycles. The summed E-state index contributed by atoms with van der Waals surface area (Å²) in [5.41, 5.74) is 12.6. The Morgan fingerprint density at radius 1 is 1.06 bits per heavy atom. The van der Waals surface area contributed by atoms with Crippen molar-refractivity contribution in [3.63, 3.8) is 0 Å². The standard InChI is InChI=1S/C26H44N9O15P3S/c27-23-20-24(31-13-30-23)35(26(28)22(38)21(37)15(48-26)11-47-52(43,44)50-53(45,46)49-51(40,41)42)17(33-20)8-3-1-2-6-10-29-18(36)9-5-4-7-16-19-14(12-54-16)32-25(39)34-19/h13-16,19,21-22,37-38H,1-12,28H2,(H,29,36)(H,43,44)(H,45,46)(H2,27,30,31)(H2,32,34,39)(H2,40,41,42)/t14-,15+,16-,19-,21+,22+,26-/m0/s1. The highest BCUT2D eigenvalue weighted by molar-refractivity contribution is 8.00. The Bertz CT molecular complexity index is 1820. The Morgan fingerprint density at radius 3 is 2.54 bits per heavy atom. The number of nitrogens with two attached hydrogens (primary N) is 2. The lowest BCUT2D eigenvalue weighted by Gasteiger charge is -2.30. The normalized spacial score (nSPS) is 29.1. The Morgan fingerprint density at radius 2 is 1.80 bits per heavy atom. The predicted molar refractivity (Wildman–Crippen MR) is 188 cm³/mol. The van der Waals surface area contributed by atoms with Gasteiger partial charge in [-0.05, 0) is 25.7 Å². The van der Waals surface area contributed by atoms with Gasteiger partial charge >= 0.3 is 29.5 Å². The molecule has 2 aromatic heterocycles. The number of nitrogens with zero attached hydrogens (tertiary/aromatic N) is 4. The van der Waals surface area contributed by atoms with Crippen LogP contribution in [0.3, 0.4) is 0 Å². The zero-order chi connectivity index (χ0) is 39.5. The molecule has 304 valence electrons. The number of amides is 3. The first-order chi connectivity index (χ1) is 25.3. The van der Waals surface area contributed by atoms with E-state index in [0.717, 1.165) is 37.8 Å². The van der Waals surface area contributed by atoms with Gasteiger partial charge in [0.2, 0.25) is 11.8 Å². The van der Waals surface area contributed by atoms with Gasteiger partial charge in [0.1, 0.15) is 30.5 Å². The molecule has 0 spiro atoms. The number of ether oxygens (including phenoxy) is 1. The number of phosphoric ester groups is 1. The monoisotopic (exact) mass is 847 g/mol. The molecule has 3 fully saturated rings. The van der Waals surface area contributed by atoms with Gasteiger partial charge < -0.3 is 56.2 Å². The molecule has 2 unspecified atom stereocenters. The topological polar surface area (TPSA) is 375 Å². The number of fused-ring (bicyclic) bond motifs is 2. The first kappa shape index (κ1) is 42.8. The highest BCUT2D eigenvalue weighted by Gasteiger charge is 2.56. The number of carbonyl (C=O) groups is 2. The minimum atomic E-state index is -5.81. The lowest BCUT2D eigenvalue weighted by atomic mass is 10.0. The number of hydrogen-bond acceptors (Lipinski definition) is 17. The number of imidazole rings is 1. The first-order valence-corrected chi connectivity index (χ1v) is 22.4. The molecule has 3 saturated heterocycles. The second-order valence-corrected chi connectivity index (χ2v) is 18.6. The summed E-state index contributed by atoms with van der Waals surface area (Å²) >= 11 is 1.84. The van der Waals surface area contributed by atoms with Crippen LogP contribution in [0.25, 0.3) is 11.2 Å². The van der Waals surface area contributed by atoms with E-state index in [2.05, 4.69) is 44.0 Å². The molecule has 3 aliphatic rings. The average Bonchev–Trinajstić information content (AvgIpc) is 3.79. The van der Waals surface area contributed by atoms with Crippen LogP contribution in [0.4, 0.5) is 10.6 Å².